The molecule has 1 N–H and O–H groups in total. The van der Waals surface area contributed by atoms with Crippen molar-refractivity contribution in [1.82, 2.24) is 10.2 Å². The normalized spacial score (nSPS) is 30.9. The van der Waals surface area contributed by atoms with Crippen molar-refractivity contribution in [1.29, 1.82) is 0 Å². The molecule has 2 saturated heterocycles. The third kappa shape index (κ3) is 3.42. The topological polar surface area (TPSA) is 41.6 Å². The molecule has 17 heavy (non-hydrogen) atoms. The van der Waals surface area contributed by atoms with E-state index in [4.69, 9.17) is 4.74 Å². The zero-order chi connectivity index (χ0) is 12.3. The summed E-state index contributed by atoms with van der Waals surface area (Å²) in [6, 6.07) is 1.64. The number of esters is 1. The first-order valence-electron chi connectivity index (χ1n) is 6.84. The van der Waals surface area contributed by atoms with Gasteiger partial charge >= 0.3 is 5.97 Å². The number of carbonyl (C=O) groups is 1. The van der Waals surface area contributed by atoms with Crippen molar-refractivity contribution in [3.05, 3.63) is 0 Å². The van der Waals surface area contributed by atoms with Crippen LogP contribution in [0.1, 0.15) is 39.5 Å². The van der Waals surface area contributed by atoms with Gasteiger partial charge in [0, 0.05) is 24.7 Å². The lowest BCUT2D eigenvalue weighted by Gasteiger charge is -2.29. The predicted molar refractivity (Wildman–Crippen MR) is 66.8 cm³/mol. The van der Waals surface area contributed by atoms with Crippen molar-refractivity contribution < 1.29 is 9.53 Å². The van der Waals surface area contributed by atoms with Crippen LogP contribution in [0.5, 0.6) is 0 Å². The maximum absolute atomic E-state index is 11.5. The molecule has 2 heterocycles. The highest BCUT2D eigenvalue weighted by Crippen LogP contribution is 2.22. The Bertz CT molecular complexity index is 270. The van der Waals surface area contributed by atoms with Crippen molar-refractivity contribution in [2.24, 2.45) is 0 Å². The first-order chi connectivity index (χ1) is 8.19. The van der Waals surface area contributed by atoms with E-state index in [1.54, 1.807) is 0 Å². The van der Waals surface area contributed by atoms with Crippen molar-refractivity contribution in [3.8, 4) is 0 Å². The van der Waals surface area contributed by atoms with Crippen LogP contribution in [0.3, 0.4) is 0 Å². The van der Waals surface area contributed by atoms with E-state index in [1.165, 1.54) is 19.3 Å². The number of ether oxygens (including phenoxy) is 1. The van der Waals surface area contributed by atoms with E-state index < -0.39 is 0 Å². The monoisotopic (exact) mass is 240 g/mol. The largest absolute Gasteiger partial charge is 0.466 e. The fourth-order valence-electron chi connectivity index (χ4n) is 2.96. The molecule has 0 amide bonds. The van der Waals surface area contributed by atoms with Crippen LogP contribution < -0.4 is 5.32 Å². The highest BCUT2D eigenvalue weighted by atomic mass is 16.5. The average molecular weight is 240 g/mol. The molecule has 2 aliphatic heterocycles. The highest BCUT2D eigenvalue weighted by molar-refractivity contribution is 5.70. The molecule has 98 valence electrons. The zero-order valence-corrected chi connectivity index (χ0v) is 10.9. The van der Waals surface area contributed by atoms with Crippen molar-refractivity contribution >= 4 is 5.97 Å². The summed E-state index contributed by atoms with van der Waals surface area (Å²) in [5.41, 5.74) is 0. The summed E-state index contributed by atoms with van der Waals surface area (Å²) in [6.07, 6.45) is 4.34. The summed E-state index contributed by atoms with van der Waals surface area (Å²) in [6.45, 7) is 6.66. The van der Waals surface area contributed by atoms with Crippen molar-refractivity contribution in [3.63, 3.8) is 0 Å². The lowest BCUT2D eigenvalue weighted by Crippen LogP contribution is -2.41. The van der Waals surface area contributed by atoms with Crippen LogP contribution >= 0.6 is 0 Å². The van der Waals surface area contributed by atoms with Crippen LogP contribution in [0.25, 0.3) is 0 Å². The summed E-state index contributed by atoms with van der Waals surface area (Å²) < 4.78 is 5.02. The minimum Gasteiger partial charge on any atom is -0.466 e. The fourth-order valence-corrected chi connectivity index (χ4v) is 2.96. The summed E-state index contributed by atoms with van der Waals surface area (Å²) in [5.74, 6) is -0.0673. The molecule has 2 rings (SSSR count). The van der Waals surface area contributed by atoms with E-state index in [9.17, 15) is 4.79 Å². The van der Waals surface area contributed by atoms with E-state index in [-0.39, 0.29) is 5.97 Å². The molecule has 2 aliphatic rings. The number of carbonyl (C=O) groups excluding carboxylic acids is 1. The second-order valence-electron chi connectivity index (χ2n) is 5.28. The summed E-state index contributed by atoms with van der Waals surface area (Å²) in [4.78, 5) is 13.9. The molecule has 2 bridgehead atoms. The van der Waals surface area contributed by atoms with Crippen molar-refractivity contribution in [2.75, 3.05) is 19.7 Å². The molecule has 0 aromatic carbocycles. The van der Waals surface area contributed by atoms with Gasteiger partial charge in [0.25, 0.3) is 0 Å². The molecular formula is C13H24N2O2. The maximum atomic E-state index is 11.5. The first kappa shape index (κ1) is 12.8. The summed E-state index contributed by atoms with van der Waals surface area (Å²) in [7, 11) is 0. The number of likely N-dealkylation sites (tertiary alicyclic amines) is 1. The van der Waals surface area contributed by atoms with E-state index in [2.05, 4.69) is 17.1 Å². The van der Waals surface area contributed by atoms with Crippen LogP contribution in [0.4, 0.5) is 0 Å². The van der Waals surface area contributed by atoms with Gasteiger partial charge in [-0.25, -0.2) is 0 Å². The van der Waals surface area contributed by atoms with Gasteiger partial charge in [0.2, 0.25) is 0 Å². The number of fused-ring (bicyclic) bond motifs is 2. The SMILES string of the molecule is CCOC(=O)CC(C)N1CCC2CCC(C1)N2. The Labute approximate surface area is 104 Å². The Morgan fingerprint density at radius 3 is 2.94 bits per heavy atom. The van der Waals surface area contributed by atoms with Gasteiger partial charge in [-0.3, -0.25) is 9.69 Å². The Balaban J connectivity index is 1.82. The van der Waals surface area contributed by atoms with Crippen LogP contribution in [0.2, 0.25) is 0 Å². The van der Waals surface area contributed by atoms with E-state index in [1.807, 2.05) is 6.92 Å². The third-order valence-electron chi connectivity index (χ3n) is 3.95. The van der Waals surface area contributed by atoms with Gasteiger partial charge in [0.1, 0.15) is 0 Å². The molecule has 3 atom stereocenters. The van der Waals surface area contributed by atoms with Crippen LogP contribution in [-0.2, 0) is 9.53 Å². The second kappa shape index (κ2) is 5.83. The van der Waals surface area contributed by atoms with E-state index in [0.29, 0.717) is 31.2 Å². The second-order valence-corrected chi connectivity index (χ2v) is 5.28. The molecule has 0 aliphatic carbocycles. The van der Waals surface area contributed by atoms with Gasteiger partial charge in [-0.15, -0.1) is 0 Å². The minimum absolute atomic E-state index is 0.0673. The molecule has 4 nitrogen and oxygen atoms in total. The lowest BCUT2D eigenvalue weighted by atomic mass is 10.1. The van der Waals surface area contributed by atoms with Gasteiger partial charge in [-0.05, 0) is 39.7 Å². The number of nitrogens with one attached hydrogen (secondary N) is 1. The molecule has 0 radical (unpaired) electrons. The first-order valence-corrected chi connectivity index (χ1v) is 6.84. The summed E-state index contributed by atoms with van der Waals surface area (Å²) >= 11 is 0. The molecule has 2 fully saturated rings. The fraction of sp³-hybridized carbons (Fsp3) is 0.923. The Morgan fingerprint density at radius 2 is 2.18 bits per heavy atom. The van der Waals surface area contributed by atoms with Gasteiger partial charge in [0.05, 0.1) is 13.0 Å². The predicted octanol–water partition coefficient (Wildman–Crippen LogP) is 1.15. The van der Waals surface area contributed by atoms with Crippen LogP contribution in [-0.4, -0.2) is 48.7 Å². The molecule has 0 aromatic heterocycles. The standard InChI is InChI=1S/C13H24N2O2/c1-3-17-13(16)8-10(2)15-7-6-11-4-5-12(9-15)14-11/h10-12,14H,3-9H2,1-2H3. The number of nitrogens with zero attached hydrogens (tertiary/aromatic N) is 1. The van der Waals surface area contributed by atoms with Crippen LogP contribution in [0.15, 0.2) is 0 Å². The lowest BCUT2D eigenvalue weighted by molar-refractivity contribution is -0.144. The number of hydrogen-bond donors (Lipinski definition) is 1. The van der Waals surface area contributed by atoms with Crippen LogP contribution in [0, 0.1) is 0 Å². The molecule has 0 spiro atoms. The number of rotatable bonds is 4. The molecule has 3 unspecified atom stereocenters. The van der Waals surface area contributed by atoms with Gasteiger partial charge < -0.3 is 10.1 Å². The Morgan fingerprint density at radius 1 is 1.41 bits per heavy atom. The van der Waals surface area contributed by atoms with E-state index >= 15 is 0 Å². The van der Waals surface area contributed by atoms with Crippen molar-refractivity contribution in [2.45, 2.75) is 57.7 Å². The quantitative estimate of drug-likeness (QED) is 0.749. The molecular weight excluding hydrogens is 216 g/mol. The molecule has 4 heteroatoms. The average Bonchev–Trinajstić information content (AvgIpc) is 2.58. The Hall–Kier alpha value is -0.610. The molecule has 0 aromatic rings. The number of hydrogen-bond acceptors (Lipinski definition) is 4. The third-order valence-corrected chi connectivity index (χ3v) is 3.95. The zero-order valence-electron chi connectivity index (χ0n) is 10.9. The molecule has 0 saturated carbocycles. The van der Waals surface area contributed by atoms with Gasteiger partial charge in [0.15, 0.2) is 0 Å². The van der Waals surface area contributed by atoms with Gasteiger partial charge in [-0.2, -0.15) is 0 Å². The minimum atomic E-state index is -0.0673. The highest BCUT2D eigenvalue weighted by Gasteiger charge is 2.31. The summed E-state index contributed by atoms with van der Waals surface area (Å²) in [5, 5.41) is 3.66. The maximum Gasteiger partial charge on any atom is 0.307 e. The smallest absolute Gasteiger partial charge is 0.307 e. The van der Waals surface area contributed by atoms with Gasteiger partial charge in [-0.1, -0.05) is 0 Å². The van der Waals surface area contributed by atoms with E-state index in [0.717, 1.165) is 13.1 Å². The Kier molecular flexibility index (Phi) is 4.40.